The fourth-order valence-corrected chi connectivity index (χ4v) is 2.02. The van der Waals surface area contributed by atoms with Crippen LogP contribution in [0.4, 0.5) is 5.82 Å². The van der Waals surface area contributed by atoms with Gasteiger partial charge in [0.05, 0.1) is 7.11 Å². The Kier molecular flexibility index (Phi) is 2.39. The fraction of sp³-hybridized carbons (Fsp3) is 0.357. The van der Waals surface area contributed by atoms with Crippen molar-refractivity contribution in [2.45, 2.75) is 25.8 Å². The first kappa shape index (κ1) is 10.4. The van der Waals surface area contributed by atoms with Crippen LogP contribution in [0.15, 0.2) is 24.3 Å². The van der Waals surface area contributed by atoms with Gasteiger partial charge in [-0.25, -0.2) is 4.98 Å². The number of nitrogens with zero attached hydrogens (tertiary/aromatic N) is 1. The lowest BCUT2D eigenvalue weighted by atomic mass is 10.1. The molecule has 1 aromatic carbocycles. The molecule has 1 heterocycles. The Labute approximate surface area is 101 Å². The van der Waals surface area contributed by atoms with Crippen molar-refractivity contribution in [1.82, 2.24) is 4.98 Å². The van der Waals surface area contributed by atoms with E-state index in [2.05, 4.69) is 29.4 Å². The third-order valence-electron chi connectivity index (χ3n) is 3.05. The van der Waals surface area contributed by atoms with Gasteiger partial charge in [0.1, 0.15) is 17.1 Å². The number of methoxy groups -OCH3 is 1. The summed E-state index contributed by atoms with van der Waals surface area (Å²) < 4.78 is 5.39. The summed E-state index contributed by atoms with van der Waals surface area (Å²) >= 11 is 0. The molecule has 0 aliphatic heterocycles. The number of fused-ring (bicyclic) bond motifs is 1. The molecule has 1 N–H and O–H groups in total. The molecule has 1 aliphatic carbocycles. The summed E-state index contributed by atoms with van der Waals surface area (Å²) in [5.74, 6) is 1.79. The van der Waals surface area contributed by atoms with Gasteiger partial charge in [0.2, 0.25) is 0 Å². The van der Waals surface area contributed by atoms with Gasteiger partial charge in [-0.2, -0.15) is 0 Å². The van der Waals surface area contributed by atoms with E-state index in [4.69, 9.17) is 4.74 Å². The standard InChI is InChI=1S/C14H16N2O/c1-9-7-10-3-6-13(15-11-4-5-11)16-14(10)12(8-9)17-2/h3,6-8,11H,4-5H2,1-2H3,(H,15,16). The van der Waals surface area contributed by atoms with Gasteiger partial charge in [0.25, 0.3) is 0 Å². The molecule has 1 aromatic heterocycles. The van der Waals surface area contributed by atoms with Crippen LogP contribution in [0, 0.1) is 6.92 Å². The quantitative estimate of drug-likeness (QED) is 0.876. The Morgan fingerprint density at radius 1 is 1.29 bits per heavy atom. The highest BCUT2D eigenvalue weighted by atomic mass is 16.5. The average Bonchev–Trinajstić information content (AvgIpc) is 3.12. The van der Waals surface area contributed by atoms with E-state index in [1.807, 2.05) is 12.1 Å². The summed E-state index contributed by atoms with van der Waals surface area (Å²) in [5.41, 5.74) is 2.13. The summed E-state index contributed by atoms with van der Waals surface area (Å²) in [6, 6.07) is 8.92. The Bertz CT molecular complexity index is 561. The maximum Gasteiger partial charge on any atom is 0.145 e. The average molecular weight is 228 g/mol. The number of hydrogen-bond donors (Lipinski definition) is 1. The van der Waals surface area contributed by atoms with Crippen molar-refractivity contribution in [3.63, 3.8) is 0 Å². The summed E-state index contributed by atoms with van der Waals surface area (Å²) in [7, 11) is 1.69. The molecule has 0 unspecified atom stereocenters. The van der Waals surface area contributed by atoms with Crippen molar-refractivity contribution < 1.29 is 4.74 Å². The van der Waals surface area contributed by atoms with E-state index in [1.54, 1.807) is 7.11 Å². The van der Waals surface area contributed by atoms with E-state index in [-0.39, 0.29) is 0 Å². The SMILES string of the molecule is COc1cc(C)cc2ccc(NC3CC3)nc12. The lowest BCUT2D eigenvalue weighted by Gasteiger charge is -2.09. The number of nitrogens with one attached hydrogen (secondary N) is 1. The summed E-state index contributed by atoms with van der Waals surface area (Å²) in [6.07, 6.45) is 2.51. The van der Waals surface area contributed by atoms with Crippen LogP contribution in [0.1, 0.15) is 18.4 Å². The molecule has 0 amide bonds. The second kappa shape index (κ2) is 3.91. The predicted molar refractivity (Wildman–Crippen MR) is 69.7 cm³/mol. The molecule has 0 bridgehead atoms. The first-order valence-electron chi connectivity index (χ1n) is 5.98. The Morgan fingerprint density at radius 3 is 2.82 bits per heavy atom. The molecular weight excluding hydrogens is 212 g/mol. The van der Waals surface area contributed by atoms with Gasteiger partial charge in [-0.05, 0) is 49.6 Å². The third kappa shape index (κ3) is 2.05. The smallest absolute Gasteiger partial charge is 0.145 e. The largest absolute Gasteiger partial charge is 0.494 e. The van der Waals surface area contributed by atoms with Gasteiger partial charge in [0, 0.05) is 11.4 Å². The van der Waals surface area contributed by atoms with E-state index in [0.717, 1.165) is 22.5 Å². The van der Waals surface area contributed by atoms with Crippen LogP contribution >= 0.6 is 0 Å². The normalized spacial score (nSPS) is 14.9. The first-order chi connectivity index (χ1) is 8.26. The van der Waals surface area contributed by atoms with E-state index < -0.39 is 0 Å². The van der Waals surface area contributed by atoms with Crippen LogP contribution in [0.25, 0.3) is 10.9 Å². The third-order valence-corrected chi connectivity index (χ3v) is 3.05. The maximum absolute atomic E-state index is 5.39. The van der Waals surface area contributed by atoms with Gasteiger partial charge in [0.15, 0.2) is 0 Å². The van der Waals surface area contributed by atoms with E-state index in [9.17, 15) is 0 Å². The van der Waals surface area contributed by atoms with Crippen molar-refractivity contribution in [2.75, 3.05) is 12.4 Å². The van der Waals surface area contributed by atoms with Gasteiger partial charge >= 0.3 is 0 Å². The summed E-state index contributed by atoms with van der Waals surface area (Å²) in [4.78, 5) is 4.63. The van der Waals surface area contributed by atoms with Crippen LogP contribution in [0.5, 0.6) is 5.75 Å². The van der Waals surface area contributed by atoms with Crippen LogP contribution in [-0.4, -0.2) is 18.1 Å². The van der Waals surface area contributed by atoms with Crippen LogP contribution in [0.2, 0.25) is 0 Å². The zero-order valence-electron chi connectivity index (χ0n) is 10.2. The van der Waals surface area contributed by atoms with Crippen molar-refractivity contribution in [3.05, 3.63) is 29.8 Å². The molecule has 0 radical (unpaired) electrons. The zero-order valence-corrected chi connectivity index (χ0v) is 10.2. The molecule has 3 heteroatoms. The van der Waals surface area contributed by atoms with Gasteiger partial charge in [-0.15, -0.1) is 0 Å². The van der Waals surface area contributed by atoms with Crippen LogP contribution in [-0.2, 0) is 0 Å². The van der Waals surface area contributed by atoms with Gasteiger partial charge in [-0.3, -0.25) is 0 Å². The highest BCUT2D eigenvalue weighted by molar-refractivity contribution is 5.86. The highest BCUT2D eigenvalue weighted by Crippen LogP contribution is 2.29. The molecule has 0 spiro atoms. The van der Waals surface area contributed by atoms with Crippen molar-refractivity contribution >= 4 is 16.7 Å². The number of aromatic nitrogens is 1. The van der Waals surface area contributed by atoms with Crippen LogP contribution in [0.3, 0.4) is 0 Å². The lowest BCUT2D eigenvalue weighted by Crippen LogP contribution is -2.03. The lowest BCUT2D eigenvalue weighted by molar-refractivity contribution is 0.418. The van der Waals surface area contributed by atoms with Crippen LogP contribution < -0.4 is 10.1 Å². The molecule has 2 aromatic rings. The minimum atomic E-state index is 0.622. The van der Waals surface area contributed by atoms with Crippen molar-refractivity contribution in [2.24, 2.45) is 0 Å². The fourth-order valence-electron chi connectivity index (χ4n) is 2.02. The molecular formula is C14H16N2O. The molecule has 88 valence electrons. The maximum atomic E-state index is 5.39. The molecule has 0 saturated heterocycles. The highest BCUT2D eigenvalue weighted by Gasteiger charge is 2.21. The molecule has 17 heavy (non-hydrogen) atoms. The molecule has 1 saturated carbocycles. The van der Waals surface area contributed by atoms with E-state index in [0.29, 0.717) is 6.04 Å². The number of anilines is 1. The second-order valence-electron chi connectivity index (χ2n) is 4.65. The molecule has 1 fully saturated rings. The monoisotopic (exact) mass is 228 g/mol. The number of benzene rings is 1. The molecule has 3 rings (SSSR count). The predicted octanol–water partition coefficient (Wildman–Crippen LogP) is 3.13. The summed E-state index contributed by atoms with van der Waals surface area (Å²) in [5, 5.41) is 4.54. The number of rotatable bonds is 3. The second-order valence-corrected chi connectivity index (χ2v) is 4.65. The number of hydrogen-bond acceptors (Lipinski definition) is 3. The van der Waals surface area contributed by atoms with E-state index >= 15 is 0 Å². The van der Waals surface area contributed by atoms with Gasteiger partial charge in [-0.1, -0.05) is 0 Å². The topological polar surface area (TPSA) is 34.1 Å². The number of pyridine rings is 1. The summed E-state index contributed by atoms with van der Waals surface area (Å²) in [6.45, 7) is 2.07. The zero-order chi connectivity index (χ0) is 11.8. The van der Waals surface area contributed by atoms with E-state index in [1.165, 1.54) is 18.4 Å². The Balaban J connectivity index is 2.09. The van der Waals surface area contributed by atoms with Crippen molar-refractivity contribution in [1.29, 1.82) is 0 Å². The molecule has 0 atom stereocenters. The first-order valence-corrected chi connectivity index (χ1v) is 5.98. The minimum Gasteiger partial charge on any atom is -0.494 e. The van der Waals surface area contributed by atoms with Gasteiger partial charge < -0.3 is 10.1 Å². The van der Waals surface area contributed by atoms with Crippen molar-refractivity contribution in [3.8, 4) is 5.75 Å². The molecule has 1 aliphatic rings. The minimum absolute atomic E-state index is 0.622. The molecule has 3 nitrogen and oxygen atoms in total. The Hall–Kier alpha value is -1.77. The number of ether oxygens (including phenoxy) is 1. The Morgan fingerprint density at radius 2 is 2.12 bits per heavy atom. The number of aryl methyl sites for hydroxylation is 1.